The molecule has 0 aromatic heterocycles. The van der Waals surface area contributed by atoms with Crippen LogP contribution >= 0.6 is 0 Å². The predicted octanol–water partition coefficient (Wildman–Crippen LogP) is 0.578. The van der Waals surface area contributed by atoms with E-state index < -0.39 is 6.09 Å². The molecule has 0 spiro atoms. The fourth-order valence-corrected chi connectivity index (χ4v) is 1.03. The molecule has 5 nitrogen and oxygen atoms in total. The van der Waals surface area contributed by atoms with Crippen LogP contribution in [0, 0.1) is 11.3 Å². The van der Waals surface area contributed by atoms with E-state index in [1.807, 2.05) is 13.8 Å². The van der Waals surface area contributed by atoms with Crippen LogP contribution in [0.2, 0.25) is 0 Å². The molecule has 0 saturated carbocycles. The van der Waals surface area contributed by atoms with Gasteiger partial charge in [-0.05, 0) is 0 Å². The molecule has 0 aromatic carbocycles. The van der Waals surface area contributed by atoms with Gasteiger partial charge in [0.15, 0.2) is 6.61 Å². The van der Waals surface area contributed by atoms with Gasteiger partial charge in [0, 0.05) is 26.2 Å². The highest BCUT2D eigenvalue weighted by Gasteiger charge is 2.16. The Kier molecular flexibility index (Phi) is 7.56. The van der Waals surface area contributed by atoms with Gasteiger partial charge in [-0.25, -0.2) is 4.79 Å². The molecule has 5 heteroatoms. The summed E-state index contributed by atoms with van der Waals surface area (Å²) in [4.78, 5) is 12.7. The molecule has 1 heterocycles. The molecule has 0 aliphatic carbocycles. The number of carbonyl (C=O) groups excluding carboxylic acids is 1. The van der Waals surface area contributed by atoms with Gasteiger partial charge in [-0.1, -0.05) is 13.8 Å². The van der Waals surface area contributed by atoms with Gasteiger partial charge in [-0.2, -0.15) is 5.26 Å². The summed E-state index contributed by atoms with van der Waals surface area (Å²) in [6.07, 6.45) is -0.391. The first-order valence-electron chi connectivity index (χ1n) is 4.84. The highest BCUT2D eigenvalue weighted by molar-refractivity contribution is 5.67. The number of hydrogen-bond donors (Lipinski definition) is 1. The molecular weight excluding hydrogens is 182 g/mol. The number of nitriles is 1. The van der Waals surface area contributed by atoms with Crippen LogP contribution in [-0.2, 0) is 4.74 Å². The summed E-state index contributed by atoms with van der Waals surface area (Å²) in [6, 6.07) is 1.75. The van der Waals surface area contributed by atoms with Crippen molar-refractivity contribution in [2.75, 3.05) is 32.8 Å². The Balaban J connectivity index is 0.000000791. The molecule has 0 atom stereocenters. The lowest BCUT2D eigenvalue weighted by Gasteiger charge is -2.25. The summed E-state index contributed by atoms with van der Waals surface area (Å²) in [6.45, 7) is 6.74. The third-order valence-corrected chi connectivity index (χ3v) is 1.64. The van der Waals surface area contributed by atoms with Crippen LogP contribution in [-0.4, -0.2) is 43.8 Å². The number of piperazine rings is 1. The van der Waals surface area contributed by atoms with Gasteiger partial charge < -0.3 is 15.0 Å². The first-order valence-corrected chi connectivity index (χ1v) is 4.84. The Labute approximate surface area is 84.6 Å². The van der Waals surface area contributed by atoms with E-state index in [0.29, 0.717) is 13.1 Å². The fraction of sp³-hybridized carbons (Fsp3) is 0.778. The number of nitrogens with one attached hydrogen (secondary N) is 1. The second-order valence-corrected chi connectivity index (χ2v) is 2.45. The monoisotopic (exact) mass is 199 g/mol. The molecule has 0 aromatic rings. The summed E-state index contributed by atoms with van der Waals surface area (Å²) in [7, 11) is 0. The minimum Gasteiger partial charge on any atom is -0.434 e. The van der Waals surface area contributed by atoms with E-state index in [0.717, 1.165) is 13.1 Å². The van der Waals surface area contributed by atoms with E-state index in [9.17, 15) is 4.79 Å². The maximum absolute atomic E-state index is 11.1. The maximum atomic E-state index is 11.1. The van der Waals surface area contributed by atoms with Gasteiger partial charge in [-0.15, -0.1) is 0 Å². The van der Waals surface area contributed by atoms with Crippen molar-refractivity contribution in [1.29, 1.82) is 5.26 Å². The minimum atomic E-state index is -0.391. The van der Waals surface area contributed by atoms with E-state index in [1.165, 1.54) is 0 Å². The smallest absolute Gasteiger partial charge is 0.410 e. The van der Waals surface area contributed by atoms with E-state index in [2.05, 4.69) is 10.1 Å². The lowest BCUT2D eigenvalue weighted by Crippen LogP contribution is -2.46. The number of amides is 1. The van der Waals surface area contributed by atoms with Crippen molar-refractivity contribution in [2.45, 2.75) is 13.8 Å². The van der Waals surface area contributed by atoms with Gasteiger partial charge in [0.25, 0.3) is 0 Å². The van der Waals surface area contributed by atoms with Crippen molar-refractivity contribution in [3.8, 4) is 6.07 Å². The molecule has 1 aliphatic rings. The average molecular weight is 199 g/mol. The largest absolute Gasteiger partial charge is 0.434 e. The second kappa shape index (κ2) is 8.32. The first kappa shape index (κ1) is 12.7. The quantitative estimate of drug-likeness (QED) is 0.670. The highest BCUT2D eigenvalue weighted by Crippen LogP contribution is 1.95. The fourth-order valence-electron chi connectivity index (χ4n) is 1.03. The van der Waals surface area contributed by atoms with Crippen LogP contribution in [0.1, 0.15) is 13.8 Å². The van der Waals surface area contributed by atoms with Crippen LogP contribution in [0.15, 0.2) is 0 Å². The van der Waals surface area contributed by atoms with E-state index >= 15 is 0 Å². The molecule has 1 amide bonds. The van der Waals surface area contributed by atoms with Crippen LogP contribution in [0.5, 0.6) is 0 Å². The van der Waals surface area contributed by atoms with Crippen molar-refractivity contribution in [2.24, 2.45) is 0 Å². The van der Waals surface area contributed by atoms with E-state index in [4.69, 9.17) is 5.26 Å². The SMILES string of the molecule is CC.N#CCOC(=O)N1CCNCC1. The third kappa shape index (κ3) is 4.67. The molecule has 1 saturated heterocycles. The summed E-state index contributed by atoms with van der Waals surface area (Å²) < 4.78 is 4.63. The number of carbonyl (C=O) groups is 1. The maximum Gasteiger partial charge on any atom is 0.410 e. The zero-order chi connectivity index (χ0) is 10.8. The van der Waals surface area contributed by atoms with E-state index in [-0.39, 0.29) is 6.61 Å². The molecule has 1 N–H and O–H groups in total. The number of rotatable bonds is 1. The number of nitrogens with zero attached hydrogens (tertiary/aromatic N) is 2. The van der Waals surface area contributed by atoms with Crippen molar-refractivity contribution in [3.63, 3.8) is 0 Å². The molecule has 80 valence electrons. The van der Waals surface area contributed by atoms with Gasteiger partial charge in [0.05, 0.1) is 0 Å². The normalized spacial score (nSPS) is 14.8. The summed E-state index contributed by atoms with van der Waals surface area (Å²) in [5, 5.41) is 11.3. The third-order valence-electron chi connectivity index (χ3n) is 1.64. The van der Waals surface area contributed by atoms with Crippen LogP contribution < -0.4 is 5.32 Å². The summed E-state index contributed by atoms with van der Waals surface area (Å²) in [5.74, 6) is 0. The van der Waals surface area contributed by atoms with Crippen molar-refractivity contribution in [1.82, 2.24) is 10.2 Å². The highest BCUT2D eigenvalue weighted by atomic mass is 16.6. The molecule has 1 rings (SSSR count). The Bertz CT molecular complexity index is 195. The summed E-state index contributed by atoms with van der Waals surface area (Å²) in [5.41, 5.74) is 0. The Morgan fingerprint density at radius 1 is 1.50 bits per heavy atom. The van der Waals surface area contributed by atoms with Gasteiger partial charge in [0.2, 0.25) is 0 Å². The van der Waals surface area contributed by atoms with Gasteiger partial charge >= 0.3 is 6.09 Å². The first-order chi connectivity index (χ1) is 6.84. The Hall–Kier alpha value is -1.28. The molecule has 1 fully saturated rings. The summed E-state index contributed by atoms with van der Waals surface area (Å²) >= 11 is 0. The Morgan fingerprint density at radius 3 is 2.57 bits per heavy atom. The molecule has 0 radical (unpaired) electrons. The van der Waals surface area contributed by atoms with Crippen molar-refractivity contribution >= 4 is 6.09 Å². The molecular formula is C9H17N3O2. The molecule has 0 bridgehead atoms. The molecule has 1 aliphatic heterocycles. The topological polar surface area (TPSA) is 65.4 Å². The lowest BCUT2D eigenvalue weighted by atomic mass is 10.4. The number of hydrogen-bond acceptors (Lipinski definition) is 4. The lowest BCUT2D eigenvalue weighted by molar-refractivity contribution is 0.108. The van der Waals surface area contributed by atoms with Crippen LogP contribution in [0.4, 0.5) is 4.79 Å². The van der Waals surface area contributed by atoms with Crippen LogP contribution in [0.25, 0.3) is 0 Å². The van der Waals surface area contributed by atoms with Gasteiger partial charge in [-0.3, -0.25) is 0 Å². The zero-order valence-corrected chi connectivity index (χ0v) is 8.75. The molecule has 14 heavy (non-hydrogen) atoms. The van der Waals surface area contributed by atoms with Crippen LogP contribution in [0.3, 0.4) is 0 Å². The average Bonchev–Trinajstić information content (AvgIpc) is 2.30. The van der Waals surface area contributed by atoms with Crippen molar-refractivity contribution < 1.29 is 9.53 Å². The minimum absolute atomic E-state index is 0.164. The molecule has 0 unspecified atom stereocenters. The van der Waals surface area contributed by atoms with Crippen molar-refractivity contribution in [3.05, 3.63) is 0 Å². The van der Waals surface area contributed by atoms with Gasteiger partial charge in [0.1, 0.15) is 6.07 Å². The van der Waals surface area contributed by atoms with E-state index in [1.54, 1.807) is 11.0 Å². The predicted molar refractivity (Wildman–Crippen MR) is 52.8 cm³/mol. The number of ether oxygens (including phenoxy) is 1. The zero-order valence-electron chi connectivity index (χ0n) is 8.75. The second-order valence-electron chi connectivity index (χ2n) is 2.45. The Morgan fingerprint density at radius 2 is 2.07 bits per heavy atom. The standard InChI is InChI=1S/C7H11N3O2.C2H6/c8-1-6-12-7(11)10-4-2-9-3-5-10;1-2/h9H,2-6H2;1-2H3.